The number of methoxy groups -OCH3 is 1. The zero-order chi connectivity index (χ0) is 30.8. The zero-order valence-corrected chi connectivity index (χ0v) is 24.0. The van der Waals surface area contributed by atoms with E-state index < -0.39 is 23.4 Å². The van der Waals surface area contributed by atoms with Crippen LogP contribution in [0.5, 0.6) is 5.75 Å². The molecule has 44 heavy (non-hydrogen) atoms. The van der Waals surface area contributed by atoms with Gasteiger partial charge in [-0.15, -0.1) is 0 Å². The van der Waals surface area contributed by atoms with Crippen LogP contribution in [0.1, 0.15) is 52.4 Å². The average Bonchev–Trinajstić information content (AvgIpc) is 3.49. The summed E-state index contributed by atoms with van der Waals surface area (Å²) in [6.45, 7) is 1.47. The minimum Gasteiger partial charge on any atom is -0.497 e. The third kappa shape index (κ3) is 5.53. The molecule has 4 heterocycles. The van der Waals surface area contributed by atoms with E-state index in [-0.39, 0.29) is 19.0 Å². The number of fused-ring (bicyclic) bond motifs is 1. The molecule has 0 spiro atoms. The largest absolute Gasteiger partial charge is 0.497 e. The van der Waals surface area contributed by atoms with E-state index in [0.29, 0.717) is 46.7 Å². The van der Waals surface area contributed by atoms with Crippen molar-refractivity contribution >= 4 is 35.2 Å². The lowest BCUT2D eigenvalue weighted by molar-refractivity contribution is -0.137. The molecule has 0 saturated carbocycles. The van der Waals surface area contributed by atoms with Crippen LogP contribution in [0.2, 0.25) is 0 Å². The lowest BCUT2D eigenvalue weighted by Crippen LogP contribution is -2.54. The van der Waals surface area contributed by atoms with Gasteiger partial charge in [0.2, 0.25) is 5.54 Å². The number of aliphatic imine (C=N–C) groups is 1. The smallest absolute Gasteiger partial charge is 0.323 e. The highest BCUT2D eigenvalue weighted by Crippen LogP contribution is 2.31. The quantitative estimate of drug-likeness (QED) is 0.256. The third-order valence-corrected chi connectivity index (χ3v) is 7.51. The molecule has 11 heteroatoms. The number of nitrogens with zero attached hydrogens (tertiary/aromatic N) is 3. The van der Waals surface area contributed by atoms with E-state index in [2.05, 4.69) is 27.5 Å². The molecular formula is C33H27N5O6. The van der Waals surface area contributed by atoms with Gasteiger partial charge in [-0.25, -0.2) is 9.79 Å². The third-order valence-electron chi connectivity index (χ3n) is 7.51. The first-order chi connectivity index (χ1) is 21.2. The maximum Gasteiger partial charge on any atom is 0.323 e. The number of rotatable bonds is 6. The Hall–Kier alpha value is -5.76. The molecule has 1 fully saturated rings. The number of benzene rings is 2. The Balaban J connectivity index is 1.28. The minimum atomic E-state index is -1.64. The van der Waals surface area contributed by atoms with Crippen molar-refractivity contribution in [3.8, 4) is 17.6 Å². The second-order valence-corrected chi connectivity index (χ2v) is 10.5. The number of ether oxygens (including phenoxy) is 2. The van der Waals surface area contributed by atoms with Crippen LogP contribution in [0, 0.1) is 11.8 Å². The Bertz CT molecular complexity index is 1820. The van der Waals surface area contributed by atoms with Crippen molar-refractivity contribution in [2.45, 2.75) is 31.8 Å². The summed E-state index contributed by atoms with van der Waals surface area (Å²) in [5.74, 6) is 5.58. The first-order valence-corrected chi connectivity index (χ1v) is 13.9. The number of aromatic nitrogens is 1. The van der Waals surface area contributed by atoms with Gasteiger partial charge in [-0.3, -0.25) is 24.7 Å². The highest BCUT2D eigenvalue weighted by Gasteiger charge is 2.48. The zero-order valence-electron chi connectivity index (χ0n) is 24.0. The maximum atomic E-state index is 13.2. The Morgan fingerprint density at radius 2 is 1.89 bits per heavy atom. The average molecular weight is 590 g/mol. The van der Waals surface area contributed by atoms with Gasteiger partial charge in [0.1, 0.15) is 17.2 Å². The molecule has 220 valence electrons. The van der Waals surface area contributed by atoms with Crippen LogP contribution in [0.3, 0.4) is 0 Å². The lowest BCUT2D eigenvalue weighted by Gasteiger charge is -2.26. The van der Waals surface area contributed by atoms with Crippen LogP contribution < -0.4 is 15.4 Å². The van der Waals surface area contributed by atoms with Crippen molar-refractivity contribution in [3.05, 3.63) is 101 Å². The molecule has 2 N–H and O–H groups in total. The monoisotopic (exact) mass is 589 g/mol. The van der Waals surface area contributed by atoms with Gasteiger partial charge in [0.05, 0.1) is 19.4 Å². The van der Waals surface area contributed by atoms with Gasteiger partial charge in [0, 0.05) is 54.5 Å². The van der Waals surface area contributed by atoms with Crippen LogP contribution >= 0.6 is 0 Å². The van der Waals surface area contributed by atoms with E-state index in [1.54, 1.807) is 54.9 Å². The number of nitrogens with one attached hydrogen (secondary N) is 2. The molecule has 11 nitrogen and oxygen atoms in total. The van der Waals surface area contributed by atoms with Crippen LogP contribution in [0.25, 0.3) is 5.70 Å². The Morgan fingerprint density at radius 1 is 1.07 bits per heavy atom. The molecule has 3 aromatic rings. The number of allylic oxidation sites excluding steroid dienone is 1. The summed E-state index contributed by atoms with van der Waals surface area (Å²) < 4.78 is 10.7. The van der Waals surface area contributed by atoms with Gasteiger partial charge in [-0.2, -0.15) is 0 Å². The van der Waals surface area contributed by atoms with Gasteiger partial charge in [-0.1, -0.05) is 36.1 Å². The highest BCUT2D eigenvalue weighted by molar-refractivity contribution is 6.10. The van der Waals surface area contributed by atoms with E-state index in [0.717, 1.165) is 16.8 Å². The first kappa shape index (κ1) is 28.4. The second kappa shape index (κ2) is 11.5. The topological polar surface area (TPSA) is 139 Å². The summed E-state index contributed by atoms with van der Waals surface area (Å²) in [7, 11) is 1.52. The van der Waals surface area contributed by atoms with Gasteiger partial charge < -0.3 is 19.7 Å². The van der Waals surface area contributed by atoms with Gasteiger partial charge in [-0.05, 0) is 42.3 Å². The second-order valence-electron chi connectivity index (χ2n) is 10.5. The number of pyridine rings is 1. The number of hydrogen-bond donors (Lipinski definition) is 2. The fraction of sp³-hybridized carbons (Fsp3) is 0.212. The fourth-order valence-electron chi connectivity index (χ4n) is 5.35. The van der Waals surface area contributed by atoms with E-state index in [1.807, 2.05) is 12.1 Å². The molecule has 2 aromatic carbocycles. The summed E-state index contributed by atoms with van der Waals surface area (Å²) >= 11 is 0. The van der Waals surface area contributed by atoms with E-state index >= 15 is 0 Å². The molecule has 0 radical (unpaired) electrons. The SMILES string of the molecule is COc1ccc2c(c1)C(=O)N(CC1(C#Cc3ccc(C4=C(OC(C)=O)CCC(c5cccnc5)=N4)cc3)NC(=O)NC1=O)C2. The van der Waals surface area contributed by atoms with Crippen molar-refractivity contribution < 1.29 is 28.7 Å². The molecule has 1 atom stereocenters. The maximum absolute atomic E-state index is 13.2. The Labute approximate surface area is 253 Å². The highest BCUT2D eigenvalue weighted by atomic mass is 16.5. The molecule has 1 unspecified atom stereocenters. The van der Waals surface area contributed by atoms with Gasteiger partial charge in [0.25, 0.3) is 11.8 Å². The fourth-order valence-corrected chi connectivity index (χ4v) is 5.35. The predicted octanol–water partition coefficient (Wildman–Crippen LogP) is 3.19. The molecular weight excluding hydrogens is 562 g/mol. The van der Waals surface area contributed by atoms with Gasteiger partial charge in [0.15, 0.2) is 0 Å². The van der Waals surface area contributed by atoms with E-state index in [9.17, 15) is 19.2 Å². The van der Waals surface area contributed by atoms with E-state index in [4.69, 9.17) is 14.5 Å². The van der Waals surface area contributed by atoms with Crippen molar-refractivity contribution in [1.82, 2.24) is 20.5 Å². The summed E-state index contributed by atoms with van der Waals surface area (Å²) in [6.07, 6.45) is 4.52. The molecule has 1 saturated heterocycles. The minimum absolute atomic E-state index is 0.143. The van der Waals surface area contributed by atoms with Crippen LogP contribution in [0.4, 0.5) is 4.79 Å². The summed E-state index contributed by atoms with van der Waals surface area (Å²) in [4.78, 5) is 60.7. The van der Waals surface area contributed by atoms with Gasteiger partial charge >= 0.3 is 12.0 Å². The normalized spacial score (nSPS) is 19.0. The number of carbonyl (C=O) groups is 4. The predicted molar refractivity (Wildman–Crippen MR) is 159 cm³/mol. The molecule has 1 aromatic heterocycles. The number of hydrogen-bond acceptors (Lipinski definition) is 8. The van der Waals surface area contributed by atoms with Crippen LogP contribution in [-0.4, -0.2) is 58.6 Å². The van der Waals surface area contributed by atoms with Crippen molar-refractivity contribution in [2.24, 2.45) is 4.99 Å². The Kier molecular flexibility index (Phi) is 7.41. The summed E-state index contributed by atoms with van der Waals surface area (Å²) in [5, 5.41) is 4.87. The van der Waals surface area contributed by atoms with Crippen molar-refractivity contribution in [2.75, 3.05) is 13.7 Å². The lowest BCUT2D eigenvalue weighted by atomic mass is 9.98. The molecule has 4 amide bonds. The number of urea groups is 1. The molecule has 3 aliphatic rings. The number of imide groups is 1. The van der Waals surface area contributed by atoms with Crippen LogP contribution in [-0.2, 0) is 20.9 Å². The van der Waals surface area contributed by atoms with Crippen molar-refractivity contribution in [3.63, 3.8) is 0 Å². The van der Waals surface area contributed by atoms with E-state index in [1.165, 1.54) is 18.9 Å². The van der Waals surface area contributed by atoms with Crippen LogP contribution in [0.15, 0.2) is 77.7 Å². The number of esters is 1. The van der Waals surface area contributed by atoms with Crippen molar-refractivity contribution in [1.29, 1.82) is 0 Å². The first-order valence-electron chi connectivity index (χ1n) is 13.9. The molecule has 3 aliphatic heterocycles. The standard InChI is InChI=1S/C33H27N5O6/c1-20(39)44-28-12-11-27(23-4-3-15-34-17-23)35-29(28)22-7-5-21(6-8-22)13-14-33(31(41)36-32(42)37-33)19-38-18-24-9-10-25(43-2)16-26(24)30(38)40/h3-10,15-17H,11-12,18-19H2,1-2H3,(H2,36,37,41,42). The summed E-state index contributed by atoms with van der Waals surface area (Å²) in [5.41, 5.74) is 3.15. The Morgan fingerprint density at radius 3 is 2.57 bits per heavy atom. The molecule has 0 aliphatic carbocycles. The number of carbonyl (C=O) groups excluding carboxylic acids is 4. The number of amides is 4. The molecule has 6 rings (SSSR count). The molecule has 0 bridgehead atoms. The summed E-state index contributed by atoms with van der Waals surface area (Å²) in [6, 6.07) is 15.4.